The second kappa shape index (κ2) is 6.98. The van der Waals surface area contributed by atoms with Gasteiger partial charge in [0.15, 0.2) is 0 Å². The second-order valence-corrected chi connectivity index (χ2v) is 9.97. The highest BCUT2D eigenvalue weighted by molar-refractivity contribution is 6.89. The Morgan fingerprint density at radius 1 is 0.885 bits per heavy atom. The van der Waals surface area contributed by atoms with Crippen molar-refractivity contribution in [3.63, 3.8) is 0 Å². The zero-order valence-corrected chi connectivity index (χ0v) is 16.1. The fraction of sp³-hybridized carbons (Fsp3) is 0.182. The molecule has 26 heavy (non-hydrogen) atoms. The standard InChI is InChI=1S/C22H23NO2Si/c1-24-20-15-13-19(14-16-20)23-22(18-9-5-3-6-10-18)17-25-26(23,2)21-11-7-4-8-12-21/h3-16,22H,17H2,1-2H3/t22-,26-/m1/s1. The van der Waals surface area contributed by atoms with E-state index in [1.807, 2.05) is 12.1 Å². The molecular weight excluding hydrogens is 338 g/mol. The molecule has 1 aliphatic rings. The van der Waals surface area contributed by atoms with E-state index in [2.05, 4.69) is 83.9 Å². The molecule has 1 aliphatic heterocycles. The minimum atomic E-state index is -2.31. The molecule has 0 radical (unpaired) electrons. The van der Waals surface area contributed by atoms with Gasteiger partial charge in [0.05, 0.1) is 19.8 Å². The predicted octanol–water partition coefficient (Wildman–Crippen LogP) is 4.25. The fourth-order valence-corrected chi connectivity index (χ4v) is 7.08. The van der Waals surface area contributed by atoms with Crippen LogP contribution in [0.5, 0.6) is 5.75 Å². The Labute approximate surface area is 156 Å². The average molecular weight is 362 g/mol. The lowest BCUT2D eigenvalue weighted by atomic mass is 10.1. The number of hydrogen-bond donors (Lipinski definition) is 0. The van der Waals surface area contributed by atoms with Gasteiger partial charge >= 0.3 is 8.48 Å². The molecule has 0 bridgehead atoms. The Morgan fingerprint density at radius 2 is 1.50 bits per heavy atom. The van der Waals surface area contributed by atoms with E-state index in [1.165, 1.54) is 16.4 Å². The molecule has 3 nitrogen and oxygen atoms in total. The number of anilines is 1. The summed E-state index contributed by atoms with van der Waals surface area (Å²) in [6, 6.07) is 29.8. The van der Waals surface area contributed by atoms with Crippen LogP contribution in [0.25, 0.3) is 0 Å². The van der Waals surface area contributed by atoms with Crippen molar-refractivity contribution < 1.29 is 9.16 Å². The van der Waals surface area contributed by atoms with Crippen LogP contribution in [0.15, 0.2) is 84.9 Å². The van der Waals surface area contributed by atoms with E-state index in [-0.39, 0.29) is 6.04 Å². The largest absolute Gasteiger partial charge is 0.497 e. The molecule has 4 heteroatoms. The van der Waals surface area contributed by atoms with Gasteiger partial charge in [-0.05, 0) is 41.6 Å². The Hall–Kier alpha value is -2.56. The van der Waals surface area contributed by atoms with Crippen LogP contribution < -0.4 is 14.5 Å². The summed E-state index contributed by atoms with van der Waals surface area (Å²) >= 11 is 0. The van der Waals surface area contributed by atoms with Crippen LogP contribution in [-0.4, -0.2) is 22.2 Å². The van der Waals surface area contributed by atoms with Gasteiger partial charge in [-0.2, -0.15) is 0 Å². The lowest BCUT2D eigenvalue weighted by Crippen LogP contribution is -2.58. The Kier molecular flexibility index (Phi) is 4.53. The minimum Gasteiger partial charge on any atom is -0.497 e. The molecule has 0 unspecified atom stereocenters. The maximum Gasteiger partial charge on any atom is 0.332 e. The quantitative estimate of drug-likeness (QED) is 0.649. The fourth-order valence-electron chi connectivity index (χ4n) is 3.74. The van der Waals surface area contributed by atoms with E-state index in [4.69, 9.17) is 9.16 Å². The van der Waals surface area contributed by atoms with Gasteiger partial charge in [-0.25, -0.2) is 0 Å². The highest BCUT2D eigenvalue weighted by Crippen LogP contribution is 2.39. The van der Waals surface area contributed by atoms with E-state index in [0.29, 0.717) is 6.61 Å². The summed E-state index contributed by atoms with van der Waals surface area (Å²) in [6.45, 7) is 2.99. The van der Waals surface area contributed by atoms with Crippen LogP contribution in [0.3, 0.4) is 0 Å². The molecule has 0 N–H and O–H groups in total. The van der Waals surface area contributed by atoms with Crippen LogP contribution in [0.1, 0.15) is 11.6 Å². The van der Waals surface area contributed by atoms with E-state index < -0.39 is 8.48 Å². The summed E-state index contributed by atoms with van der Waals surface area (Å²) in [7, 11) is -0.616. The zero-order valence-electron chi connectivity index (χ0n) is 15.1. The summed E-state index contributed by atoms with van der Waals surface area (Å²) in [5.74, 6) is 0.869. The monoisotopic (exact) mass is 361 g/mol. The third-order valence-corrected chi connectivity index (χ3v) is 8.76. The molecule has 0 saturated carbocycles. The lowest BCUT2D eigenvalue weighted by molar-refractivity contribution is 0.337. The van der Waals surface area contributed by atoms with Gasteiger partial charge < -0.3 is 13.7 Å². The summed E-state index contributed by atoms with van der Waals surface area (Å²) in [5, 5.41) is 1.29. The topological polar surface area (TPSA) is 21.7 Å². The molecule has 4 rings (SSSR count). The SMILES string of the molecule is COc1ccc(N2[C@@H](c3ccccc3)CO[Si@]2(C)c2ccccc2)cc1. The third-order valence-electron chi connectivity index (χ3n) is 5.14. The molecule has 132 valence electrons. The van der Waals surface area contributed by atoms with Crippen molar-refractivity contribution >= 4 is 19.4 Å². The van der Waals surface area contributed by atoms with E-state index in [0.717, 1.165) is 5.75 Å². The molecule has 1 heterocycles. The van der Waals surface area contributed by atoms with Gasteiger partial charge in [-0.15, -0.1) is 0 Å². The Morgan fingerprint density at radius 3 is 2.12 bits per heavy atom. The molecule has 2 atom stereocenters. The van der Waals surface area contributed by atoms with Crippen LogP contribution in [0.2, 0.25) is 6.55 Å². The van der Waals surface area contributed by atoms with Gasteiger partial charge in [0.25, 0.3) is 0 Å². The van der Waals surface area contributed by atoms with Gasteiger partial charge in [0, 0.05) is 5.69 Å². The van der Waals surface area contributed by atoms with E-state index >= 15 is 0 Å². The van der Waals surface area contributed by atoms with Gasteiger partial charge in [-0.3, -0.25) is 0 Å². The summed E-state index contributed by atoms with van der Waals surface area (Å²) in [6.07, 6.45) is 0. The maximum absolute atomic E-state index is 6.55. The normalized spacial score (nSPS) is 22.4. The van der Waals surface area contributed by atoms with Crippen molar-refractivity contribution in [1.82, 2.24) is 0 Å². The van der Waals surface area contributed by atoms with Crippen molar-refractivity contribution in [1.29, 1.82) is 0 Å². The van der Waals surface area contributed by atoms with E-state index in [1.54, 1.807) is 7.11 Å². The van der Waals surface area contributed by atoms with Gasteiger partial charge in [0.2, 0.25) is 0 Å². The molecule has 0 aromatic heterocycles. The van der Waals surface area contributed by atoms with Crippen molar-refractivity contribution in [2.75, 3.05) is 18.3 Å². The minimum absolute atomic E-state index is 0.210. The van der Waals surface area contributed by atoms with Gasteiger partial charge in [0.1, 0.15) is 5.75 Å². The first kappa shape index (κ1) is 16.9. The Balaban J connectivity index is 1.81. The number of nitrogens with zero attached hydrogens (tertiary/aromatic N) is 1. The van der Waals surface area contributed by atoms with Crippen molar-refractivity contribution in [2.45, 2.75) is 12.6 Å². The molecule has 0 spiro atoms. The molecular formula is C22H23NO2Si. The van der Waals surface area contributed by atoms with Crippen LogP contribution in [0, 0.1) is 0 Å². The van der Waals surface area contributed by atoms with E-state index in [9.17, 15) is 0 Å². The number of benzene rings is 3. The second-order valence-electron chi connectivity index (χ2n) is 6.65. The van der Waals surface area contributed by atoms with Gasteiger partial charge in [-0.1, -0.05) is 60.7 Å². The highest BCUT2D eigenvalue weighted by Gasteiger charge is 2.49. The highest BCUT2D eigenvalue weighted by atomic mass is 28.4. The molecule has 0 amide bonds. The predicted molar refractivity (Wildman–Crippen MR) is 108 cm³/mol. The molecule has 3 aromatic rings. The zero-order chi connectivity index (χ0) is 18.0. The number of rotatable bonds is 4. The number of hydrogen-bond acceptors (Lipinski definition) is 3. The van der Waals surface area contributed by atoms with Crippen molar-refractivity contribution in [3.8, 4) is 5.75 Å². The first-order valence-electron chi connectivity index (χ1n) is 8.90. The Bertz CT molecular complexity index is 854. The van der Waals surface area contributed by atoms with Crippen LogP contribution in [0.4, 0.5) is 5.69 Å². The third kappa shape index (κ3) is 2.91. The van der Waals surface area contributed by atoms with Crippen LogP contribution >= 0.6 is 0 Å². The number of ether oxygens (including phenoxy) is 1. The lowest BCUT2D eigenvalue weighted by Gasteiger charge is -2.37. The molecule has 3 aromatic carbocycles. The first-order valence-corrected chi connectivity index (χ1v) is 11.3. The number of methoxy groups -OCH3 is 1. The summed E-state index contributed by atoms with van der Waals surface area (Å²) in [4.78, 5) is 0. The van der Waals surface area contributed by atoms with Crippen molar-refractivity contribution in [2.24, 2.45) is 0 Å². The summed E-state index contributed by atoms with van der Waals surface area (Å²) < 4.78 is 14.4. The first-order chi connectivity index (χ1) is 12.7. The molecule has 0 aliphatic carbocycles. The molecule has 1 fully saturated rings. The molecule has 1 saturated heterocycles. The average Bonchev–Trinajstić information content (AvgIpc) is 3.08. The summed E-state index contributed by atoms with van der Waals surface area (Å²) in [5.41, 5.74) is 2.46. The smallest absolute Gasteiger partial charge is 0.332 e. The maximum atomic E-state index is 6.55. The van der Waals surface area contributed by atoms with Crippen molar-refractivity contribution in [3.05, 3.63) is 90.5 Å². The van der Waals surface area contributed by atoms with Crippen LogP contribution in [-0.2, 0) is 4.43 Å².